The third-order valence-electron chi connectivity index (χ3n) is 9.46. The average Bonchev–Trinajstić information content (AvgIpc) is 3.70. The molecule has 1 fully saturated rings. The Labute approximate surface area is 334 Å². The van der Waals surface area contributed by atoms with E-state index in [9.17, 15) is 54.0 Å². The summed E-state index contributed by atoms with van der Waals surface area (Å²) in [6, 6.07) is 13.5. The largest absolute Gasteiger partial charge is 0.508 e. The molecular weight excluding hydrogens is 754 g/mol. The van der Waals surface area contributed by atoms with Crippen molar-refractivity contribution in [1.82, 2.24) is 31.5 Å². The fraction of sp³-hybridized carbons (Fsp3) is 0.375. The number of aliphatic carboxylic acids is 1. The first-order chi connectivity index (χ1) is 27.6. The van der Waals surface area contributed by atoms with E-state index in [0.717, 1.165) is 0 Å². The van der Waals surface area contributed by atoms with Gasteiger partial charge in [-0.1, -0.05) is 54.6 Å². The smallest absolute Gasteiger partial charge is 0.328 e. The number of phenolic OH excluding ortho intramolecular Hbond substituents is 2. The molecule has 6 unspecified atom stereocenters. The second kappa shape index (κ2) is 21.1. The van der Waals surface area contributed by atoms with E-state index < -0.39 is 90.8 Å². The molecule has 3 aromatic carbocycles. The number of phenols is 2. The standard InChI is InChI=1S/C40H49N7O11/c1-23(43-36(53)29(41)18-25-9-13-27(49)14-10-25)35(52)45-30(19-24-6-3-2-4-7-24)37(54)42-21-34(51)44-31(20-26-11-15-28(50)16-12-26)39(56)47-17-5-8-33(47)38(55)46-32(22-48)40(57)58/h2-4,6-7,9-16,23,29-33,48-50H,5,8,17-22,41H2,1H3,(H,42,54)(H,43,53)(H,44,51)(H,45,52)(H,46,55)(H,57,58). The number of hydrogen-bond acceptors (Lipinski definition) is 11. The Balaban J connectivity index is 1.42. The lowest BCUT2D eigenvalue weighted by Gasteiger charge is -2.29. The molecule has 4 rings (SSSR count). The number of carbonyl (C=O) groups excluding carboxylic acids is 6. The molecule has 18 nitrogen and oxygen atoms in total. The maximum Gasteiger partial charge on any atom is 0.328 e. The van der Waals surface area contributed by atoms with Crippen molar-refractivity contribution in [2.75, 3.05) is 19.7 Å². The van der Waals surface area contributed by atoms with Gasteiger partial charge >= 0.3 is 5.97 Å². The zero-order valence-corrected chi connectivity index (χ0v) is 31.8. The molecule has 6 atom stereocenters. The molecule has 0 spiro atoms. The Kier molecular flexibility index (Phi) is 16.1. The second-order valence-electron chi connectivity index (χ2n) is 13.9. The van der Waals surface area contributed by atoms with E-state index in [1.807, 2.05) is 0 Å². The summed E-state index contributed by atoms with van der Waals surface area (Å²) in [4.78, 5) is 92.6. The molecule has 0 aliphatic carbocycles. The van der Waals surface area contributed by atoms with Crippen LogP contribution < -0.4 is 32.3 Å². The molecule has 1 heterocycles. The maximum atomic E-state index is 13.9. The Hall–Kier alpha value is -6.53. The van der Waals surface area contributed by atoms with Gasteiger partial charge in [0.05, 0.1) is 19.2 Å². The van der Waals surface area contributed by atoms with E-state index in [2.05, 4.69) is 26.6 Å². The molecule has 3 aromatic rings. The van der Waals surface area contributed by atoms with Crippen LogP contribution >= 0.6 is 0 Å². The van der Waals surface area contributed by atoms with E-state index in [1.54, 1.807) is 54.6 Å². The molecule has 6 amide bonds. The lowest BCUT2D eigenvalue weighted by molar-refractivity contribution is -0.145. The molecule has 1 aliphatic rings. The molecule has 11 N–H and O–H groups in total. The number of amides is 6. The summed E-state index contributed by atoms with van der Waals surface area (Å²) in [6.45, 7) is 0.0492. The van der Waals surface area contributed by atoms with Crippen LogP contribution in [-0.2, 0) is 52.8 Å². The number of aliphatic hydroxyl groups excluding tert-OH is 1. The highest BCUT2D eigenvalue weighted by Crippen LogP contribution is 2.21. The summed E-state index contributed by atoms with van der Waals surface area (Å²) >= 11 is 0. The normalized spacial score (nSPS) is 16.1. The van der Waals surface area contributed by atoms with Gasteiger partial charge in [0.1, 0.15) is 41.7 Å². The minimum atomic E-state index is -1.58. The first kappa shape index (κ1) is 44.2. The van der Waals surface area contributed by atoms with Crippen LogP contribution in [0, 0.1) is 0 Å². The Morgan fingerprint density at radius 1 is 0.707 bits per heavy atom. The van der Waals surface area contributed by atoms with Crippen LogP contribution in [0.4, 0.5) is 0 Å². The predicted molar refractivity (Wildman–Crippen MR) is 208 cm³/mol. The highest BCUT2D eigenvalue weighted by molar-refractivity contribution is 5.96. The SMILES string of the molecule is CC(NC(=O)C(N)Cc1ccc(O)cc1)C(=O)NC(Cc1ccccc1)C(=O)NCC(=O)NC(Cc1ccc(O)cc1)C(=O)N1CCCC1C(=O)NC(CO)C(=O)O. The highest BCUT2D eigenvalue weighted by atomic mass is 16.4. The quantitative estimate of drug-likeness (QED) is 0.0670. The van der Waals surface area contributed by atoms with Crippen LogP contribution in [0.15, 0.2) is 78.9 Å². The Morgan fingerprint density at radius 2 is 1.28 bits per heavy atom. The van der Waals surface area contributed by atoms with Crippen molar-refractivity contribution in [2.45, 2.75) is 75.3 Å². The number of carboxylic acid groups (broad SMARTS) is 1. The molecule has 0 radical (unpaired) electrons. The van der Waals surface area contributed by atoms with Gasteiger partial charge in [-0.05, 0) is 67.1 Å². The van der Waals surface area contributed by atoms with Crippen molar-refractivity contribution >= 4 is 41.4 Å². The fourth-order valence-electron chi connectivity index (χ4n) is 6.28. The van der Waals surface area contributed by atoms with Crippen LogP contribution in [-0.4, -0.2) is 123 Å². The van der Waals surface area contributed by atoms with E-state index in [1.165, 1.54) is 36.1 Å². The number of benzene rings is 3. The molecule has 18 heteroatoms. The van der Waals surface area contributed by atoms with Crippen molar-refractivity contribution in [1.29, 1.82) is 0 Å². The lowest BCUT2D eigenvalue weighted by atomic mass is 10.0. The Bertz CT molecular complexity index is 1910. The topological polar surface area (TPSA) is 290 Å². The average molecular weight is 804 g/mol. The number of carbonyl (C=O) groups is 7. The van der Waals surface area contributed by atoms with Crippen LogP contribution in [0.25, 0.3) is 0 Å². The predicted octanol–water partition coefficient (Wildman–Crippen LogP) is -1.40. The van der Waals surface area contributed by atoms with E-state index in [4.69, 9.17) is 5.73 Å². The zero-order valence-electron chi connectivity index (χ0n) is 31.8. The van der Waals surface area contributed by atoms with Crippen molar-refractivity contribution in [3.8, 4) is 11.5 Å². The number of nitrogens with zero attached hydrogens (tertiary/aromatic N) is 1. The molecule has 0 aromatic heterocycles. The van der Waals surface area contributed by atoms with Gasteiger partial charge in [-0.15, -0.1) is 0 Å². The van der Waals surface area contributed by atoms with Crippen molar-refractivity contribution in [3.05, 3.63) is 95.6 Å². The van der Waals surface area contributed by atoms with E-state index in [0.29, 0.717) is 23.1 Å². The number of rotatable bonds is 19. The van der Waals surface area contributed by atoms with Gasteiger partial charge in [0.2, 0.25) is 35.4 Å². The first-order valence-electron chi connectivity index (χ1n) is 18.6. The number of hydrogen-bond donors (Lipinski definition) is 10. The number of likely N-dealkylation sites (tertiary alicyclic amines) is 1. The number of nitrogens with one attached hydrogen (secondary N) is 5. The van der Waals surface area contributed by atoms with Crippen molar-refractivity contribution < 1.29 is 54.0 Å². The minimum Gasteiger partial charge on any atom is -0.508 e. The molecule has 0 bridgehead atoms. The summed E-state index contributed by atoms with van der Waals surface area (Å²) in [5.41, 5.74) is 7.97. The van der Waals surface area contributed by atoms with E-state index in [-0.39, 0.29) is 43.7 Å². The molecule has 0 saturated carbocycles. The molecule has 310 valence electrons. The van der Waals surface area contributed by atoms with Gasteiger partial charge in [-0.2, -0.15) is 0 Å². The van der Waals surface area contributed by atoms with Crippen molar-refractivity contribution in [2.24, 2.45) is 5.73 Å². The molecule has 58 heavy (non-hydrogen) atoms. The third kappa shape index (κ3) is 13.0. The third-order valence-corrected chi connectivity index (χ3v) is 9.46. The van der Waals surface area contributed by atoms with Gasteiger partial charge in [-0.25, -0.2) is 4.79 Å². The molecular formula is C40H49N7O11. The zero-order chi connectivity index (χ0) is 42.4. The number of aromatic hydroxyl groups is 2. The van der Waals surface area contributed by atoms with Gasteiger partial charge in [-0.3, -0.25) is 28.8 Å². The fourth-order valence-corrected chi connectivity index (χ4v) is 6.28. The van der Waals surface area contributed by atoms with Crippen LogP contribution in [0.5, 0.6) is 11.5 Å². The van der Waals surface area contributed by atoms with Crippen LogP contribution in [0.2, 0.25) is 0 Å². The first-order valence-corrected chi connectivity index (χ1v) is 18.6. The number of aliphatic hydroxyl groups is 1. The van der Waals surface area contributed by atoms with Gasteiger partial charge in [0, 0.05) is 19.4 Å². The highest BCUT2D eigenvalue weighted by Gasteiger charge is 2.39. The maximum absolute atomic E-state index is 13.9. The van der Waals surface area contributed by atoms with Gasteiger partial charge in [0.15, 0.2) is 0 Å². The Morgan fingerprint density at radius 3 is 1.86 bits per heavy atom. The van der Waals surface area contributed by atoms with Crippen LogP contribution in [0.3, 0.4) is 0 Å². The lowest BCUT2D eigenvalue weighted by Crippen LogP contribution is -2.58. The number of nitrogens with two attached hydrogens (primary N) is 1. The summed E-state index contributed by atoms with van der Waals surface area (Å²) in [7, 11) is 0. The summed E-state index contributed by atoms with van der Waals surface area (Å²) in [5, 5.41) is 50.4. The van der Waals surface area contributed by atoms with Gasteiger partial charge in [0.25, 0.3) is 0 Å². The minimum absolute atomic E-state index is 0.0143. The number of carboxylic acids is 1. The summed E-state index contributed by atoms with van der Waals surface area (Å²) in [5.74, 6) is -5.74. The second-order valence-corrected chi connectivity index (χ2v) is 13.9. The van der Waals surface area contributed by atoms with E-state index >= 15 is 0 Å². The van der Waals surface area contributed by atoms with Gasteiger partial charge < -0.3 is 57.6 Å². The monoisotopic (exact) mass is 803 g/mol. The summed E-state index contributed by atoms with van der Waals surface area (Å²) < 4.78 is 0. The molecule has 1 aliphatic heterocycles. The summed E-state index contributed by atoms with van der Waals surface area (Å²) in [6.07, 6.45) is 0.677. The van der Waals surface area contributed by atoms with Crippen LogP contribution in [0.1, 0.15) is 36.5 Å². The van der Waals surface area contributed by atoms with Crippen molar-refractivity contribution in [3.63, 3.8) is 0 Å². The molecule has 1 saturated heterocycles.